The van der Waals surface area contributed by atoms with E-state index in [9.17, 15) is 0 Å². The monoisotopic (exact) mass is 173 g/mol. The van der Waals surface area contributed by atoms with Gasteiger partial charge in [0.05, 0.1) is 25.9 Å². The van der Waals surface area contributed by atoms with Crippen LogP contribution < -0.4 is 5.32 Å². The van der Waals surface area contributed by atoms with Gasteiger partial charge in [-0.2, -0.15) is 0 Å². The Morgan fingerprint density at radius 2 is 2.33 bits per heavy atom. The second kappa shape index (κ2) is 5.51. The lowest BCUT2D eigenvalue weighted by atomic mass is 10.1. The van der Waals surface area contributed by atoms with Crippen molar-refractivity contribution < 1.29 is 9.47 Å². The molecule has 72 valence electrons. The van der Waals surface area contributed by atoms with Crippen LogP contribution in [0.2, 0.25) is 0 Å². The number of rotatable bonds is 4. The molecule has 1 rings (SSSR count). The molecule has 2 unspecified atom stereocenters. The van der Waals surface area contributed by atoms with Crippen LogP contribution in [-0.2, 0) is 9.47 Å². The van der Waals surface area contributed by atoms with Gasteiger partial charge in [0.2, 0.25) is 0 Å². The molecule has 1 saturated heterocycles. The lowest BCUT2D eigenvalue weighted by Gasteiger charge is -2.29. The van der Waals surface area contributed by atoms with Crippen LogP contribution in [0.1, 0.15) is 19.8 Å². The van der Waals surface area contributed by atoms with Gasteiger partial charge in [-0.15, -0.1) is 0 Å². The van der Waals surface area contributed by atoms with E-state index < -0.39 is 0 Å². The quantitative estimate of drug-likeness (QED) is 0.682. The smallest absolute Gasteiger partial charge is 0.0961 e. The van der Waals surface area contributed by atoms with Crippen molar-refractivity contribution in [2.45, 2.75) is 31.9 Å². The molecule has 1 aliphatic rings. The average molecular weight is 173 g/mol. The largest absolute Gasteiger partial charge is 0.376 e. The minimum atomic E-state index is 0.253. The summed E-state index contributed by atoms with van der Waals surface area (Å²) in [7, 11) is 1.98. The molecule has 0 radical (unpaired) electrons. The molecule has 0 aliphatic carbocycles. The zero-order chi connectivity index (χ0) is 8.81. The lowest BCUT2D eigenvalue weighted by molar-refractivity contribution is -0.101. The number of ether oxygens (including phenoxy) is 2. The van der Waals surface area contributed by atoms with Gasteiger partial charge < -0.3 is 14.8 Å². The fourth-order valence-electron chi connectivity index (χ4n) is 1.57. The van der Waals surface area contributed by atoms with E-state index >= 15 is 0 Å². The predicted octanol–water partition coefficient (Wildman–Crippen LogP) is 0.790. The summed E-state index contributed by atoms with van der Waals surface area (Å²) in [6.45, 7) is 4.42. The maximum absolute atomic E-state index is 5.60. The molecule has 1 fully saturated rings. The van der Waals surface area contributed by atoms with Crippen molar-refractivity contribution in [1.82, 2.24) is 5.32 Å². The highest BCUT2D eigenvalue weighted by Gasteiger charge is 2.22. The van der Waals surface area contributed by atoms with Crippen molar-refractivity contribution in [2.75, 3.05) is 26.9 Å². The summed E-state index contributed by atoms with van der Waals surface area (Å²) in [4.78, 5) is 0. The second-order valence-electron chi connectivity index (χ2n) is 3.17. The van der Waals surface area contributed by atoms with Crippen molar-refractivity contribution in [1.29, 1.82) is 0 Å². The number of hydrogen-bond donors (Lipinski definition) is 1. The fraction of sp³-hybridized carbons (Fsp3) is 1.00. The second-order valence-corrected chi connectivity index (χ2v) is 3.17. The van der Waals surface area contributed by atoms with E-state index in [1.54, 1.807) is 0 Å². The lowest BCUT2D eigenvalue weighted by Crippen LogP contribution is -2.45. The van der Waals surface area contributed by atoms with Crippen LogP contribution >= 0.6 is 0 Å². The zero-order valence-corrected chi connectivity index (χ0v) is 8.01. The van der Waals surface area contributed by atoms with Crippen LogP contribution in [-0.4, -0.2) is 39.0 Å². The Bertz CT molecular complexity index is 110. The number of hydrogen-bond acceptors (Lipinski definition) is 3. The van der Waals surface area contributed by atoms with Crippen LogP contribution in [0.4, 0.5) is 0 Å². The van der Waals surface area contributed by atoms with E-state index in [1.807, 2.05) is 7.05 Å². The van der Waals surface area contributed by atoms with Crippen LogP contribution in [0.5, 0.6) is 0 Å². The summed E-state index contributed by atoms with van der Waals surface area (Å²) in [5.74, 6) is 0. The standard InChI is InChI=1S/C9H19NO2/c1-3-4-8(10-2)9-7-11-5-6-12-9/h8-10H,3-7H2,1-2H3. The Balaban J connectivity index is 2.29. The van der Waals surface area contributed by atoms with E-state index in [0.29, 0.717) is 6.04 Å². The van der Waals surface area contributed by atoms with Gasteiger partial charge in [0.1, 0.15) is 0 Å². The van der Waals surface area contributed by atoms with Crippen molar-refractivity contribution in [3.8, 4) is 0 Å². The molecule has 0 spiro atoms. The summed E-state index contributed by atoms with van der Waals surface area (Å²) >= 11 is 0. The van der Waals surface area contributed by atoms with Gasteiger partial charge in [0.25, 0.3) is 0 Å². The third kappa shape index (κ3) is 2.73. The topological polar surface area (TPSA) is 30.5 Å². The van der Waals surface area contributed by atoms with Gasteiger partial charge >= 0.3 is 0 Å². The van der Waals surface area contributed by atoms with Gasteiger partial charge in [0.15, 0.2) is 0 Å². The van der Waals surface area contributed by atoms with Gasteiger partial charge in [-0.1, -0.05) is 13.3 Å². The SMILES string of the molecule is CCCC(NC)C1COCCO1. The van der Waals surface area contributed by atoms with Crippen LogP contribution in [0.15, 0.2) is 0 Å². The van der Waals surface area contributed by atoms with Gasteiger partial charge in [-0.05, 0) is 13.5 Å². The maximum atomic E-state index is 5.60. The highest BCUT2D eigenvalue weighted by atomic mass is 16.6. The minimum absolute atomic E-state index is 0.253. The summed E-state index contributed by atoms with van der Waals surface area (Å²) in [6.07, 6.45) is 2.60. The Morgan fingerprint density at radius 1 is 1.50 bits per heavy atom. The van der Waals surface area contributed by atoms with Gasteiger partial charge in [-0.3, -0.25) is 0 Å². The summed E-state index contributed by atoms with van der Waals surface area (Å²) in [5.41, 5.74) is 0. The van der Waals surface area contributed by atoms with Crippen molar-refractivity contribution in [3.05, 3.63) is 0 Å². The summed E-state index contributed by atoms with van der Waals surface area (Å²) in [6, 6.07) is 0.454. The molecule has 3 nitrogen and oxygen atoms in total. The summed E-state index contributed by atoms with van der Waals surface area (Å²) in [5, 5.41) is 3.27. The molecule has 1 heterocycles. The molecule has 2 atom stereocenters. The molecule has 0 aromatic carbocycles. The highest BCUT2D eigenvalue weighted by Crippen LogP contribution is 2.09. The molecule has 0 saturated carbocycles. The first-order chi connectivity index (χ1) is 5.88. The van der Waals surface area contributed by atoms with E-state index in [2.05, 4.69) is 12.2 Å². The molecule has 0 amide bonds. The van der Waals surface area contributed by atoms with Crippen LogP contribution in [0, 0.1) is 0 Å². The molecular formula is C9H19NO2. The highest BCUT2D eigenvalue weighted by molar-refractivity contribution is 4.76. The Kier molecular flexibility index (Phi) is 4.58. The molecule has 0 aromatic rings. The zero-order valence-electron chi connectivity index (χ0n) is 8.01. The van der Waals surface area contributed by atoms with E-state index in [1.165, 1.54) is 6.42 Å². The molecule has 3 heteroatoms. The average Bonchev–Trinajstić information content (AvgIpc) is 2.15. The van der Waals surface area contributed by atoms with Crippen molar-refractivity contribution in [2.24, 2.45) is 0 Å². The maximum Gasteiger partial charge on any atom is 0.0961 e. The number of likely N-dealkylation sites (N-methyl/N-ethyl adjacent to an activating group) is 1. The van der Waals surface area contributed by atoms with Crippen molar-refractivity contribution in [3.63, 3.8) is 0 Å². The molecule has 12 heavy (non-hydrogen) atoms. The fourth-order valence-corrected chi connectivity index (χ4v) is 1.57. The van der Waals surface area contributed by atoms with Crippen LogP contribution in [0.25, 0.3) is 0 Å². The minimum Gasteiger partial charge on any atom is -0.376 e. The first-order valence-electron chi connectivity index (χ1n) is 4.75. The Morgan fingerprint density at radius 3 is 2.83 bits per heavy atom. The van der Waals surface area contributed by atoms with E-state index in [-0.39, 0.29) is 6.10 Å². The molecule has 0 aromatic heterocycles. The van der Waals surface area contributed by atoms with Gasteiger partial charge in [-0.25, -0.2) is 0 Å². The number of nitrogens with one attached hydrogen (secondary N) is 1. The van der Waals surface area contributed by atoms with E-state index in [0.717, 1.165) is 26.2 Å². The first-order valence-corrected chi connectivity index (χ1v) is 4.75. The third-order valence-corrected chi connectivity index (χ3v) is 2.26. The van der Waals surface area contributed by atoms with Gasteiger partial charge in [0, 0.05) is 6.04 Å². The summed E-state index contributed by atoms with van der Waals surface area (Å²) < 4.78 is 10.9. The molecular weight excluding hydrogens is 154 g/mol. The Hall–Kier alpha value is -0.120. The van der Waals surface area contributed by atoms with E-state index in [4.69, 9.17) is 9.47 Å². The molecule has 1 N–H and O–H groups in total. The molecule has 0 bridgehead atoms. The van der Waals surface area contributed by atoms with Crippen molar-refractivity contribution >= 4 is 0 Å². The van der Waals surface area contributed by atoms with Crippen LogP contribution in [0.3, 0.4) is 0 Å². The Labute approximate surface area is 74.4 Å². The normalized spacial score (nSPS) is 27.0. The molecule has 1 aliphatic heterocycles. The predicted molar refractivity (Wildman–Crippen MR) is 48.3 cm³/mol. The first kappa shape index (κ1) is 9.96. The third-order valence-electron chi connectivity index (χ3n) is 2.26.